The second-order valence-corrected chi connectivity index (χ2v) is 8.24. The quantitative estimate of drug-likeness (QED) is 0.482. The van der Waals surface area contributed by atoms with Gasteiger partial charge in [0.15, 0.2) is 0 Å². The number of para-hydroxylation sites is 1. The molecule has 0 spiro atoms. The van der Waals surface area contributed by atoms with Gasteiger partial charge in [-0.3, -0.25) is 9.88 Å². The van der Waals surface area contributed by atoms with Crippen molar-refractivity contribution in [1.82, 2.24) is 9.88 Å². The lowest BCUT2D eigenvalue weighted by Gasteiger charge is -2.37. The smallest absolute Gasteiger partial charge is 0.134 e. The number of furan rings is 1. The molecule has 0 radical (unpaired) electrons. The molecule has 0 amide bonds. The normalized spacial score (nSPS) is 16.6. The first-order valence-corrected chi connectivity index (χ1v) is 10.5. The number of nitrogens with zero attached hydrogens (tertiary/aromatic N) is 3. The number of hydrogen-bond donors (Lipinski definition) is 0. The van der Waals surface area contributed by atoms with Crippen molar-refractivity contribution in [3.63, 3.8) is 0 Å². The van der Waals surface area contributed by atoms with Crippen molar-refractivity contribution in [2.24, 2.45) is 0 Å². The highest BCUT2D eigenvalue weighted by Crippen LogP contribution is 2.30. The van der Waals surface area contributed by atoms with Crippen molar-refractivity contribution in [3.05, 3.63) is 72.1 Å². The summed E-state index contributed by atoms with van der Waals surface area (Å²) in [5.74, 6) is 0.451. The first-order chi connectivity index (χ1) is 14.2. The summed E-state index contributed by atoms with van der Waals surface area (Å²) in [7, 11) is 0. The van der Waals surface area contributed by atoms with Crippen LogP contribution < -0.4 is 4.90 Å². The number of rotatable bonds is 4. The van der Waals surface area contributed by atoms with Gasteiger partial charge in [0, 0.05) is 55.3 Å². The minimum atomic E-state index is 0.451. The fourth-order valence-corrected chi connectivity index (χ4v) is 4.60. The van der Waals surface area contributed by atoms with E-state index in [1.807, 2.05) is 30.7 Å². The number of anilines is 1. The molecule has 1 unspecified atom stereocenters. The van der Waals surface area contributed by atoms with Crippen LogP contribution in [0.25, 0.3) is 21.9 Å². The van der Waals surface area contributed by atoms with Gasteiger partial charge in [-0.15, -0.1) is 0 Å². The minimum Gasteiger partial charge on any atom is -0.464 e. The van der Waals surface area contributed by atoms with Gasteiger partial charge < -0.3 is 9.32 Å². The largest absolute Gasteiger partial charge is 0.464 e. The third kappa shape index (κ3) is 3.49. The highest BCUT2D eigenvalue weighted by molar-refractivity contribution is 5.91. The topological polar surface area (TPSA) is 32.5 Å². The SMILES string of the molecule is Cc1cc(N2CCN(CC(C)c3coc4ccccc34)CC2)c2ncccc2c1. The highest BCUT2D eigenvalue weighted by atomic mass is 16.3. The minimum absolute atomic E-state index is 0.451. The van der Waals surface area contributed by atoms with Gasteiger partial charge in [-0.25, -0.2) is 0 Å². The molecule has 2 aromatic carbocycles. The molecule has 148 valence electrons. The number of hydrogen-bond acceptors (Lipinski definition) is 4. The van der Waals surface area contributed by atoms with Crippen LogP contribution in [-0.4, -0.2) is 42.6 Å². The maximum absolute atomic E-state index is 5.75. The van der Waals surface area contributed by atoms with Crippen molar-refractivity contribution >= 4 is 27.6 Å². The van der Waals surface area contributed by atoms with Gasteiger partial charge in [0.25, 0.3) is 0 Å². The third-order valence-corrected chi connectivity index (χ3v) is 6.12. The van der Waals surface area contributed by atoms with E-state index in [1.54, 1.807) is 0 Å². The Morgan fingerprint density at radius 1 is 1.03 bits per heavy atom. The zero-order valence-corrected chi connectivity index (χ0v) is 17.1. The fraction of sp³-hybridized carbons (Fsp3) is 0.320. The van der Waals surface area contributed by atoms with Gasteiger partial charge in [-0.05, 0) is 42.7 Å². The molecule has 0 N–H and O–H groups in total. The van der Waals surface area contributed by atoms with E-state index in [0.29, 0.717) is 5.92 Å². The van der Waals surface area contributed by atoms with E-state index in [0.717, 1.165) is 43.8 Å². The van der Waals surface area contributed by atoms with E-state index in [-0.39, 0.29) is 0 Å². The van der Waals surface area contributed by atoms with Crippen molar-refractivity contribution < 1.29 is 4.42 Å². The van der Waals surface area contributed by atoms with Crippen molar-refractivity contribution in [2.45, 2.75) is 19.8 Å². The van der Waals surface area contributed by atoms with Crippen LogP contribution in [0.15, 0.2) is 65.4 Å². The standard InChI is InChI=1S/C25H27N3O/c1-18-14-20-6-5-9-26-25(20)23(15-18)28-12-10-27(11-13-28)16-19(2)22-17-29-24-8-4-3-7-21(22)24/h3-9,14-15,17,19H,10-13,16H2,1-2H3. The van der Waals surface area contributed by atoms with Gasteiger partial charge in [-0.2, -0.15) is 0 Å². The van der Waals surface area contributed by atoms with Crippen LogP contribution in [-0.2, 0) is 0 Å². The summed E-state index contributed by atoms with van der Waals surface area (Å²) in [6.45, 7) is 9.75. The summed E-state index contributed by atoms with van der Waals surface area (Å²) in [6, 6.07) is 17.0. The average molecular weight is 386 g/mol. The number of fused-ring (bicyclic) bond motifs is 2. The summed E-state index contributed by atoms with van der Waals surface area (Å²) < 4.78 is 5.75. The Morgan fingerprint density at radius 2 is 1.86 bits per heavy atom. The summed E-state index contributed by atoms with van der Waals surface area (Å²) >= 11 is 0. The molecule has 1 fully saturated rings. The van der Waals surface area contributed by atoms with Crippen LogP contribution >= 0.6 is 0 Å². The van der Waals surface area contributed by atoms with Gasteiger partial charge >= 0.3 is 0 Å². The Morgan fingerprint density at radius 3 is 2.72 bits per heavy atom. The molecule has 4 nitrogen and oxygen atoms in total. The van der Waals surface area contributed by atoms with Gasteiger partial charge in [0.05, 0.1) is 17.5 Å². The molecule has 4 heteroatoms. The Labute approximate surface area is 171 Å². The highest BCUT2D eigenvalue weighted by Gasteiger charge is 2.22. The van der Waals surface area contributed by atoms with Gasteiger partial charge in [0.1, 0.15) is 5.58 Å². The van der Waals surface area contributed by atoms with Crippen LogP contribution in [0.3, 0.4) is 0 Å². The molecule has 0 saturated carbocycles. The van der Waals surface area contributed by atoms with Crippen LogP contribution in [0.2, 0.25) is 0 Å². The number of piperazine rings is 1. The first-order valence-electron chi connectivity index (χ1n) is 10.5. The van der Waals surface area contributed by atoms with Crippen LogP contribution in [0.4, 0.5) is 5.69 Å². The van der Waals surface area contributed by atoms with E-state index < -0.39 is 0 Å². The van der Waals surface area contributed by atoms with Crippen molar-refractivity contribution in [2.75, 3.05) is 37.6 Å². The molecule has 0 aliphatic carbocycles. The number of pyridine rings is 1. The first kappa shape index (κ1) is 18.2. The molecule has 1 aliphatic heterocycles. The Hall–Kier alpha value is -2.85. The maximum Gasteiger partial charge on any atom is 0.134 e. The lowest BCUT2D eigenvalue weighted by Crippen LogP contribution is -2.47. The van der Waals surface area contributed by atoms with E-state index >= 15 is 0 Å². The summed E-state index contributed by atoms with van der Waals surface area (Å²) in [6.07, 6.45) is 3.84. The van der Waals surface area contributed by atoms with E-state index in [4.69, 9.17) is 4.42 Å². The molecular weight excluding hydrogens is 358 g/mol. The van der Waals surface area contributed by atoms with Gasteiger partial charge in [-0.1, -0.05) is 31.2 Å². The van der Waals surface area contributed by atoms with Crippen LogP contribution in [0.5, 0.6) is 0 Å². The molecule has 0 bridgehead atoms. The Balaban J connectivity index is 1.29. The van der Waals surface area contributed by atoms with Crippen molar-refractivity contribution in [1.29, 1.82) is 0 Å². The second kappa shape index (κ2) is 7.53. The molecule has 5 rings (SSSR count). The molecule has 2 aromatic heterocycles. The van der Waals surface area contributed by atoms with Gasteiger partial charge in [0.2, 0.25) is 0 Å². The monoisotopic (exact) mass is 385 g/mol. The Bertz CT molecular complexity index is 1140. The molecule has 1 saturated heterocycles. The zero-order chi connectivity index (χ0) is 19.8. The van der Waals surface area contributed by atoms with E-state index in [9.17, 15) is 0 Å². The third-order valence-electron chi connectivity index (χ3n) is 6.12. The molecule has 29 heavy (non-hydrogen) atoms. The maximum atomic E-state index is 5.75. The van der Waals surface area contributed by atoms with Crippen LogP contribution in [0, 0.1) is 6.92 Å². The summed E-state index contributed by atoms with van der Waals surface area (Å²) in [5.41, 5.74) is 5.98. The molecule has 1 atom stereocenters. The lowest BCUT2D eigenvalue weighted by atomic mass is 9.99. The number of benzene rings is 2. The van der Waals surface area contributed by atoms with Crippen molar-refractivity contribution in [3.8, 4) is 0 Å². The van der Waals surface area contributed by atoms with Crippen LogP contribution in [0.1, 0.15) is 24.0 Å². The molecule has 4 aromatic rings. The van der Waals surface area contributed by atoms with E-state index in [1.165, 1.54) is 27.6 Å². The summed E-state index contributed by atoms with van der Waals surface area (Å²) in [5, 5.41) is 2.47. The number of aromatic nitrogens is 1. The molecular formula is C25H27N3O. The Kier molecular flexibility index (Phi) is 4.72. The van der Waals surface area contributed by atoms with E-state index in [2.05, 4.69) is 59.0 Å². The summed E-state index contributed by atoms with van der Waals surface area (Å²) in [4.78, 5) is 9.74. The number of aryl methyl sites for hydroxylation is 1. The average Bonchev–Trinajstić information content (AvgIpc) is 3.18. The lowest BCUT2D eigenvalue weighted by molar-refractivity contribution is 0.246. The molecule has 3 heterocycles. The fourth-order valence-electron chi connectivity index (χ4n) is 4.60. The zero-order valence-electron chi connectivity index (χ0n) is 17.1. The second-order valence-electron chi connectivity index (χ2n) is 8.24. The molecule has 1 aliphatic rings. The predicted octanol–water partition coefficient (Wildman–Crippen LogP) is 5.22. The predicted molar refractivity (Wildman–Crippen MR) is 120 cm³/mol.